The summed E-state index contributed by atoms with van der Waals surface area (Å²) in [5.74, 6) is 0.616. The van der Waals surface area contributed by atoms with Crippen molar-refractivity contribution >= 4 is 28.3 Å². The highest BCUT2D eigenvalue weighted by Crippen LogP contribution is 2.31. The van der Waals surface area contributed by atoms with Gasteiger partial charge in [-0.1, -0.05) is 0 Å². The van der Waals surface area contributed by atoms with E-state index in [0.717, 1.165) is 60.3 Å². The van der Waals surface area contributed by atoms with Gasteiger partial charge >= 0.3 is 0 Å². The van der Waals surface area contributed by atoms with E-state index in [2.05, 4.69) is 20.3 Å². The van der Waals surface area contributed by atoms with Crippen LogP contribution in [0.3, 0.4) is 0 Å². The number of nitrogens with zero attached hydrogens (tertiary/aromatic N) is 4. The van der Waals surface area contributed by atoms with Crippen LogP contribution in [0.2, 0.25) is 0 Å². The third-order valence-electron chi connectivity index (χ3n) is 7.16. The van der Waals surface area contributed by atoms with Crippen molar-refractivity contribution < 1.29 is 14.5 Å². The molecule has 0 atom stereocenters. The summed E-state index contributed by atoms with van der Waals surface area (Å²) in [5, 5.41) is 6.80. The Morgan fingerprint density at radius 1 is 1.14 bits per heavy atom. The van der Waals surface area contributed by atoms with Crippen molar-refractivity contribution in [2.45, 2.75) is 39.2 Å². The average Bonchev–Trinajstić information content (AvgIpc) is 3.06. The van der Waals surface area contributed by atoms with Crippen molar-refractivity contribution in [2.75, 3.05) is 26.2 Å². The van der Waals surface area contributed by atoms with Crippen molar-refractivity contribution in [1.82, 2.24) is 20.2 Å². The maximum absolute atomic E-state index is 14.9. The molecule has 1 aromatic carbocycles. The zero-order chi connectivity index (χ0) is 25.9. The van der Waals surface area contributed by atoms with E-state index < -0.39 is 0 Å². The predicted octanol–water partition coefficient (Wildman–Crippen LogP) is 2.47. The third kappa shape index (κ3) is 5.68. The molecule has 192 valence electrons. The fourth-order valence-corrected chi connectivity index (χ4v) is 5.20. The Morgan fingerprint density at radius 2 is 1.95 bits per heavy atom. The number of nitrogens with one attached hydrogen (secondary N) is 1. The number of benzene rings is 1. The van der Waals surface area contributed by atoms with Crippen LogP contribution in [0, 0.1) is 19.7 Å². The second kappa shape index (κ2) is 10.7. The van der Waals surface area contributed by atoms with Gasteiger partial charge in [0.2, 0.25) is 0 Å². The smallest absolute Gasteiger partial charge is 0.278 e. The van der Waals surface area contributed by atoms with E-state index in [0.29, 0.717) is 41.7 Å². The molecule has 0 aliphatic carbocycles. The maximum atomic E-state index is 14.9. The Kier molecular flexibility index (Phi) is 7.25. The van der Waals surface area contributed by atoms with Crippen LogP contribution >= 0.6 is 0 Å². The number of aromatic nitrogens is 2. The highest BCUT2D eigenvalue weighted by atomic mass is 19.1. The number of aliphatic imine (C=N–C) groups is 1. The number of amidine groups is 1. The molecule has 2 aliphatic heterocycles. The van der Waals surface area contributed by atoms with Gasteiger partial charge in [-0.15, -0.1) is 0 Å². The fraction of sp³-hybridized carbons (Fsp3) is 0.357. The van der Waals surface area contributed by atoms with Gasteiger partial charge in [0, 0.05) is 59.7 Å². The molecule has 37 heavy (non-hydrogen) atoms. The third-order valence-corrected chi connectivity index (χ3v) is 7.16. The molecular weight excluding hydrogens is 469 g/mol. The van der Waals surface area contributed by atoms with Crippen LogP contribution in [-0.2, 0) is 4.79 Å². The fourth-order valence-electron chi connectivity index (χ4n) is 5.20. The lowest BCUT2D eigenvalue weighted by Gasteiger charge is -2.33. The monoisotopic (exact) mass is 502 g/mol. The van der Waals surface area contributed by atoms with Gasteiger partial charge in [0.05, 0.1) is 0 Å². The van der Waals surface area contributed by atoms with Crippen LogP contribution < -0.4 is 16.4 Å². The molecule has 2 saturated heterocycles. The predicted molar refractivity (Wildman–Crippen MR) is 143 cm³/mol. The first-order valence-corrected chi connectivity index (χ1v) is 12.8. The van der Waals surface area contributed by atoms with Crippen LogP contribution in [0.5, 0.6) is 0 Å². The van der Waals surface area contributed by atoms with Gasteiger partial charge in [0.25, 0.3) is 5.91 Å². The van der Waals surface area contributed by atoms with Crippen LogP contribution in [0.15, 0.2) is 53.4 Å². The lowest BCUT2D eigenvalue weighted by Crippen LogP contribution is -2.83. The highest BCUT2D eigenvalue weighted by Gasteiger charge is 2.29. The van der Waals surface area contributed by atoms with Gasteiger partial charge in [-0.3, -0.25) is 9.78 Å². The summed E-state index contributed by atoms with van der Waals surface area (Å²) in [6.45, 7) is 6.84. The molecule has 5 rings (SSSR count). The van der Waals surface area contributed by atoms with Crippen LogP contribution in [0.4, 0.5) is 10.2 Å². The first kappa shape index (κ1) is 25.0. The molecule has 2 fully saturated rings. The minimum atomic E-state index is -0.319. The van der Waals surface area contributed by atoms with Crippen LogP contribution in [-0.4, -0.2) is 58.8 Å². The largest absolute Gasteiger partial charge is 0.383 e. The molecule has 8 nitrogen and oxygen atoms in total. The summed E-state index contributed by atoms with van der Waals surface area (Å²) < 4.78 is 14.9. The molecule has 2 aromatic heterocycles. The van der Waals surface area contributed by atoms with E-state index in [1.807, 2.05) is 36.2 Å². The number of pyridine rings is 2. The first-order valence-electron chi connectivity index (χ1n) is 12.8. The summed E-state index contributed by atoms with van der Waals surface area (Å²) in [6.07, 6.45) is 7.86. The zero-order valence-corrected chi connectivity index (χ0v) is 21.3. The van der Waals surface area contributed by atoms with E-state index >= 15 is 0 Å². The van der Waals surface area contributed by atoms with E-state index in [9.17, 15) is 9.18 Å². The van der Waals surface area contributed by atoms with Crippen LogP contribution in [0.1, 0.15) is 30.5 Å². The first-order chi connectivity index (χ1) is 17.9. The van der Waals surface area contributed by atoms with Gasteiger partial charge in [0.1, 0.15) is 17.3 Å². The summed E-state index contributed by atoms with van der Waals surface area (Å²) in [6, 6.07) is 7.35. The molecule has 0 radical (unpaired) electrons. The molecule has 9 heteroatoms. The van der Waals surface area contributed by atoms with E-state index in [4.69, 9.17) is 5.73 Å². The maximum Gasteiger partial charge on any atom is 0.278 e. The van der Waals surface area contributed by atoms with E-state index in [-0.39, 0.29) is 11.7 Å². The number of fused-ring (bicyclic) bond motifs is 1. The average molecular weight is 503 g/mol. The van der Waals surface area contributed by atoms with Crippen molar-refractivity contribution in [3.05, 3.63) is 65.5 Å². The lowest BCUT2D eigenvalue weighted by atomic mass is 9.99. The second-order valence-corrected chi connectivity index (χ2v) is 9.84. The summed E-state index contributed by atoms with van der Waals surface area (Å²) in [7, 11) is 0. The van der Waals surface area contributed by atoms with Gasteiger partial charge in [-0.25, -0.2) is 14.4 Å². The van der Waals surface area contributed by atoms with E-state index in [1.165, 1.54) is 6.07 Å². The molecule has 4 heterocycles. The number of hydrogen-bond acceptors (Lipinski definition) is 5. The lowest BCUT2D eigenvalue weighted by molar-refractivity contribution is -0.595. The van der Waals surface area contributed by atoms with Gasteiger partial charge in [-0.2, -0.15) is 0 Å². The quantitative estimate of drug-likeness (QED) is 0.375. The number of carbonyl (C=O) groups is 1. The number of nitrogens with two attached hydrogens (primary N) is 2. The number of aryl methyl sites for hydroxylation is 2. The Morgan fingerprint density at radius 3 is 2.73 bits per heavy atom. The molecule has 0 saturated carbocycles. The van der Waals surface area contributed by atoms with Gasteiger partial charge in [0.15, 0.2) is 12.4 Å². The highest BCUT2D eigenvalue weighted by molar-refractivity contribution is 5.95. The summed E-state index contributed by atoms with van der Waals surface area (Å²) in [4.78, 5) is 27.9. The number of hydrogen-bond donors (Lipinski definition) is 3. The number of carbonyl (C=O) groups excluding carboxylic acids is 1. The number of piperidine rings is 1. The molecule has 0 unspecified atom stereocenters. The summed E-state index contributed by atoms with van der Waals surface area (Å²) >= 11 is 0. The SMILES string of the molecule is Cc1cc(C)c(-c2cc3cc(/N=C(N)\C=C4\CCN(C5CCNCC5)C(=O)C[NH2+]4)ncc3cc2F)cn1. The molecular formula is C28H33FN7O+. The van der Waals surface area contributed by atoms with Gasteiger partial charge in [-0.05, 0) is 75.0 Å². The van der Waals surface area contributed by atoms with Crippen molar-refractivity contribution in [3.8, 4) is 11.1 Å². The molecule has 5 N–H and O–H groups in total. The Labute approximate surface area is 215 Å². The molecule has 1 amide bonds. The second-order valence-electron chi connectivity index (χ2n) is 9.84. The van der Waals surface area contributed by atoms with Gasteiger partial charge < -0.3 is 21.3 Å². The number of halogens is 1. The number of rotatable bonds is 4. The minimum absolute atomic E-state index is 0.170. The number of quaternary nitrogens is 1. The molecule has 0 spiro atoms. The Balaban J connectivity index is 1.37. The molecule has 2 aliphatic rings. The van der Waals surface area contributed by atoms with Crippen molar-refractivity contribution in [3.63, 3.8) is 0 Å². The normalized spacial score (nSPS) is 19.0. The van der Waals surface area contributed by atoms with Crippen LogP contribution in [0.25, 0.3) is 21.9 Å². The Bertz CT molecular complexity index is 1390. The molecule has 3 aromatic rings. The zero-order valence-electron chi connectivity index (χ0n) is 21.3. The Hall–Kier alpha value is -3.69. The standard InChI is InChI=1S/C28H32FN7O/c1-17-9-18(2)32-15-24(17)23-10-19-12-27(34-14-20(19)11-25(23)29)35-26(30)13-21-5-8-36(28(37)16-33-21)22-3-6-31-7-4-22/h9-15,22,31,33H,3-8,16H2,1-2H3,(H2,30,34,35)/p+1/b21-13-. The van der Waals surface area contributed by atoms with E-state index in [1.54, 1.807) is 24.5 Å². The topological polar surface area (TPSA) is 113 Å². The molecule has 0 bridgehead atoms. The summed E-state index contributed by atoms with van der Waals surface area (Å²) in [5.41, 5.74) is 10.4. The number of amides is 1. The van der Waals surface area contributed by atoms with Crippen molar-refractivity contribution in [2.24, 2.45) is 10.7 Å². The minimum Gasteiger partial charge on any atom is -0.383 e. The van der Waals surface area contributed by atoms with Crippen molar-refractivity contribution in [1.29, 1.82) is 0 Å².